The van der Waals surface area contributed by atoms with E-state index in [1.54, 1.807) is 0 Å². The molecule has 0 radical (unpaired) electrons. The molecule has 0 aromatic rings. The fourth-order valence-electron chi connectivity index (χ4n) is 1.04. The molecule has 0 spiro atoms. The molecule has 0 amide bonds. The van der Waals surface area contributed by atoms with Crippen molar-refractivity contribution < 1.29 is 52.0 Å². The lowest BCUT2D eigenvalue weighted by molar-refractivity contribution is -0.139. The van der Waals surface area contributed by atoms with Crippen LogP contribution in [0.5, 0.6) is 0 Å². The highest BCUT2D eigenvalue weighted by Gasteiger charge is 2.19. The van der Waals surface area contributed by atoms with Gasteiger partial charge >= 0.3 is 22.3 Å². The lowest BCUT2D eigenvalue weighted by atomic mass is 10.2. The van der Waals surface area contributed by atoms with Gasteiger partial charge in [0, 0.05) is 39.0 Å². The Morgan fingerprint density at radius 3 is 1.48 bits per heavy atom. The maximum atomic E-state index is 9.90. The Labute approximate surface area is 192 Å². The first-order valence-electron chi connectivity index (χ1n) is 8.39. The Morgan fingerprint density at radius 1 is 1.06 bits per heavy atom. The summed E-state index contributed by atoms with van der Waals surface area (Å²) in [5.41, 5.74) is 10.3. The van der Waals surface area contributed by atoms with Crippen molar-refractivity contribution in [1.82, 2.24) is 5.32 Å². The largest absolute Gasteiger partial charge is 0.483 e. The Bertz CT molecular complexity index is 482. The molecule has 1 atom stereocenters. The van der Waals surface area contributed by atoms with Crippen LogP contribution in [0.25, 0.3) is 0 Å². The summed E-state index contributed by atoms with van der Waals surface area (Å²) in [5.74, 6) is -1.07. The Balaban J connectivity index is -0.0000000950. The molecule has 0 saturated carbocycles. The number of alkyl halides is 1. The van der Waals surface area contributed by atoms with Gasteiger partial charge in [0.15, 0.2) is 0 Å². The Hall–Kier alpha value is -1.30. The first kappa shape index (κ1) is 40.1. The molecule has 0 aromatic heterocycles. The number of rotatable bonds is 10. The van der Waals surface area contributed by atoms with Gasteiger partial charge in [-0.2, -0.15) is 8.42 Å². The van der Waals surface area contributed by atoms with Crippen molar-refractivity contribution in [3.05, 3.63) is 0 Å². The first-order valence-corrected chi connectivity index (χ1v) is 10.3. The first-order chi connectivity index (χ1) is 13.9. The zero-order valence-corrected chi connectivity index (χ0v) is 19.1. The van der Waals surface area contributed by atoms with Crippen LogP contribution < -0.4 is 16.8 Å². The molecule has 1 fully saturated rings. The standard InChI is InChI=1S/C6H10O4.C4H13N3.C3H5ClO.CH2O2.ClH.H2O4S/c7-5(8)3-1-2-4-6(9)10;5-1-3-7-4-2-6;4-1-3-2-5-3;2-1-3;;1-5(2,3)4/h1-4H2,(H,7,8)(H,9,10);7H,1-6H2;3H,1-2H2;1H,(H,2,3);1H;(H2,1,2,3,4). The number of unbranched alkanes of at least 4 members (excludes halogenated alkanes) is 1. The number of nitrogens with one attached hydrogen (secondary N) is 1. The Kier molecular flexibility index (Phi) is 40.0. The van der Waals surface area contributed by atoms with Gasteiger partial charge < -0.3 is 36.8 Å². The van der Waals surface area contributed by atoms with E-state index in [1.807, 2.05) is 0 Å². The fourth-order valence-corrected chi connectivity index (χ4v) is 1.22. The average Bonchev–Trinajstić information content (AvgIpc) is 3.44. The molecular weight excluding hydrogens is 489 g/mol. The molecule has 1 unspecified atom stereocenters. The maximum absolute atomic E-state index is 9.90. The van der Waals surface area contributed by atoms with Crippen LogP contribution in [0.2, 0.25) is 0 Å². The van der Waals surface area contributed by atoms with E-state index >= 15 is 0 Å². The van der Waals surface area contributed by atoms with Crippen molar-refractivity contribution in [3.63, 3.8) is 0 Å². The highest BCUT2D eigenvalue weighted by molar-refractivity contribution is 7.79. The maximum Gasteiger partial charge on any atom is 0.394 e. The summed E-state index contributed by atoms with van der Waals surface area (Å²) in [4.78, 5) is 28.2. The summed E-state index contributed by atoms with van der Waals surface area (Å²) in [5, 5.41) is 26.2. The molecule has 1 heterocycles. The number of aliphatic carboxylic acids is 2. The highest BCUT2D eigenvalue weighted by Crippen LogP contribution is 2.08. The van der Waals surface area contributed by atoms with Crippen LogP contribution in [0.3, 0.4) is 0 Å². The predicted molar refractivity (Wildman–Crippen MR) is 115 cm³/mol. The molecule has 14 nitrogen and oxygen atoms in total. The molecule has 10 N–H and O–H groups in total. The molecule has 0 aromatic carbocycles. The molecule has 1 saturated heterocycles. The normalized spacial score (nSPS) is 12.9. The quantitative estimate of drug-likeness (QED) is 0.0580. The van der Waals surface area contributed by atoms with E-state index in [9.17, 15) is 9.59 Å². The van der Waals surface area contributed by atoms with Gasteiger partial charge in [0.1, 0.15) is 0 Å². The lowest BCUT2D eigenvalue weighted by Gasteiger charge is -1.95. The molecule has 0 bridgehead atoms. The minimum atomic E-state index is -4.67. The zero-order valence-electron chi connectivity index (χ0n) is 16.8. The molecule has 190 valence electrons. The van der Waals surface area contributed by atoms with Crippen molar-refractivity contribution in [3.8, 4) is 0 Å². The number of carboxylic acid groups (broad SMARTS) is 3. The smallest absolute Gasteiger partial charge is 0.394 e. The van der Waals surface area contributed by atoms with Crippen LogP contribution in [-0.2, 0) is 29.5 Å². The van der Waals surface area contributed by atoms with Crippen molar-refractivity contribution in [2.75, 3.05) is 38.7 Å². The van der Waals surface area contributed by atoms with E-state index in [-0.39, 0.29) is 31.7 Å². The number of halogens is 2. The number of hydrogen-bond acceptors (Lipinski definition) is 9. The predicted octanol–water partition coefficient (Wildman–Crippen LogP) is -0.697. The zero-order chi connectivity index (χ0) is 24.4. The molecule has 0 aliphatic carbocycles. The Morgan fingerprint density at radius 2 is 1.35 bits per heavy atom. The monoisotopic (exact) mass is 521 g/mol. The molecule has 17 heteroatoms. The van der Waals surface area contributed by atoms with Crippen LogP contribution in [0.1, 0.15) is 25.7 Å². The van der Waals surface area contributed by atoms with E-state index in [0.29, 0.717) is 37.9 Å². The number of ether oxygens (including phenoxy) is 1. The number of hydrogen-bond donors (Lipinski definition) is 8. The van der Waals surface area contributed by atoms with Gasteiger partial charge in [-0.15, -0.1) is 24.0 Å². The van der Waals surface area contributed by atoms with Crippen LogP contribution in [0, 0.1) is 0 Å². The minimum Gasteiger partial charge on any atom is -0.483 e. The topological polar surface area (TPSA) is 263 Å². The third-order valence-corrected chi connectivity index (χ3v) is 2.59. The van der Waals surface area contributed by atoms with E-state index in [4.69, 9.17) is 65.4 Å². The van der Waals surface area contributed by atoms with Gasteiger partial charge in [0.05, 0.1) is 18.6 Å². The second-order valence-corrected chi connectivity index (χ2v) is 6.19. The van der Waals surface area contributed by atoms with Gasteiger partial charge in [-0.05, 0) is 12.8 Å². The second-order valence-electron chi connectivity index (χ2n) is 4.98. The SMILES string of the molecule is Cl.ClCC1CO1.NCCNCCN.O=C(O)CCCCC(=O)O.O=CO.O=S(=O)(O)O. The molecule has 1 rings (SSSR count). The van der Waals surface area contributed by atoms with Gasteiger partial charge in [-0.3, -0.25) is 23.5 Å². The molecule has 31 heavy (non-hydrogen) atoms. The van der Waals surface area contributed by atoms with Crippen LogP contribution in [0.15, 0.2) is 0 Å². The van der Waals surface area contributed by atoms with Crippen molar-refractivity contribution in [1.29, 1.82) is 0 Å². The van der Waals surface area contributed by atoms with Gasteiger partial charge in [0.2, 0.25) is 0 Å². The third kappa shape index (κ3) is 94.7. The number of carbonyl (C=O) groups is 3. The molecule has 1 aliphatic heterocycles. The summed E-state index contributed by atoms with van der Waals surface area (Å²) < 4.78 is 36.3. The average molecular weight is 522 g/mol. The second kappa shape index (κ2) is 30.9. The van der Waals surface area contributed by atoms with E-state index in [1.165, 1.54) is 0 Å². The summed E-state index contributed by atoms with van der Waals surface area (Å²) in [7, 11) is -4.67. The lowest BCUT2D eigenvalue weighted by Crippen LogP contribution is -2.27. The summed E-state index contributed by atoms with van der Waals surface area (Å²) in [6.07, 6.45) is 1.42. The van der Waals surface area contributed by atoms with Gasteiger partial charge in [-0.1, -0.05) is 0 Å². The van der Waals surface area contributed by atoms with Gasteiger partial charge in [0.25, 0.3) is 6.47 Å². The molecular formula is C14H33Cl2N3O11S. The van der Waals surface area contributed by atoms with Crippen molar-refractivity contribution in [2.24, 2.45) is 11.5 Å². The fraction of sp³-hybridized carbons (Fsp3) is 0.786. The summed E-state index contributed by atoms with van der Waals surface area (Å²) >= 11 is 5.27. The van der Waals surface area contributed by atoms with Gasteiger partial charge in [-0.25, -0.2) is 0 Å². The number of nitrogens with two attached hydrogens (primary N) is 2. The number of carboxylic acids is 2. The van der Waals surface area contributed by atoms with Crippen LogP contribution in [0.4, 0.5) is 0 Å². The molecule has 1 aliphatic rings. The van der Waals surface area contributed by atoms with Crippen molar-refractivity contribution >= 4 is 52.8 Å². The third-order valence-electron chi connectivity index (χ3n) is 2.25. The van der Waals surface area contributed by atoms with Crippen LogP contribution in [-0.4, -0.2) is 96.0 Å². The number of epoxide rings is 1. The van der Waals surface area contributed by atoms with E-state index < -0.39 is 22.3 Å². The highest BCUT2D eigenvalue weighted by atomic mass is 35.5. The minimum absolute atomic E-state index is 0. The van der Waals surface area contributed by atoms with E-state index in [2.05, 4.69) is 5.32 Å². The van der Waals surface area contributed by atoms with Crippen LogP contribution >= 0.6 is 24.0 Å². The summed E-state index contributed by atoms with van der Waals surface area (Å²) in [6, 6.07) is 0. The summed E-state index contributed by atoms with van der Waals surface area (Å²) in [6.45, 7) is 3.76. The van der Waals surface area contributed by atoms with Crippen molar-refractivity contribution in [2.45, 2.75) is 31.8 Å². The van der Waals surface area contributed by atoms with E-state index in [0.717, 1.165) is 19.7 Å².